The van der Waals surface area contributed by atoms with Crippen LogP contribution in [0.15, 0.2) is 48.7 Å². The Hall–Kier alpha value is -3.10. The van der Waals surface area contributed by atoms with Crippen molar-refractivity contribution in [3.8, 4) is 17.2 Å². The van der Waals surface area contributed by atoms with Gasteiger partial charge in [0.1, 0.15) is 17.3 Å². The molecule has 1 aromatic heterocycles. The van der Waals surface area contributed by atoms with Crippen LogP contribution in [0.1, 0.15) is 34.8 Å². The number of aromatic nitrogens is 2. The van der Waals surface area contributed by atoms with E-state index in [0.717, 1.165) is 37.3 Å². The van der Waals surface area contributed by atoms with E-state index in [1.54, 1.807) is 55.4 Å². The Morgan fingerprint density at radius 2 is 1.72 bits per heavy atom. The quantitative estimate of drug-likeness (QED) is 0.577. The largest absolute Gasteiger partial charge is 0.497 e. The molecule has 2 heterocycles. The Balaban J connectivity index is 0.00000289. The third kappa shape index (κ3) is 5.03. The van der Waals surface area contributed by atoms with Crippen molar-refractivity contribution in [1.29, 1.82) is 0 Å². The Morgan fingerprint density at radius 3 is 2.31 bits per heavy atom. The van der Waals surface area contributed by atoms with Gasteiger partial charge in [0.2, 0.25) is 0 Å². The van der Waals surface area contributed by atoms with E-state index >= 15 is 0 Å². The van der Waals surface area contributed by atoms with Crippen LogP contribution in [0.4, 0.5) is 10.1 Å². The van der Waals surface area contributed by atoms with Gasteiger partial charge in [-0.3, -0.25) is 4.79 Å². The molecule has 7 nitrogen and oxygen atoms in total. The molecule has 3 aromatic rings. The molecule has 1 aliphatic rings. The zero-order valence-corrected chi connectivity index (χ0v) is 18.7. The minimum absolute atomic E-state index is 0. The number of methoxy groups -OCH3 is 2. The number of rotatable bonds is 6. The Kier molecular flexibility index (Phi) is 7.71. The van der Waals surface area contributed by atoms with Crippen LogP contribution < -0.4 is 20.1 Å². The molecule has 0 saturated carbocycles. The summed E-state index contributed by atoms with van der Waals surface area (Å²) in [4.78, 5) is 13.3. The second-order valence-corrected chi connectivity index (χ2v) is 7.41. The van der Waals surface area contributed by atoms with E-state index in [9.17, 15) is 9.18 Å². The summed E-state index contributed by atoms with van der Waals surface area (Å²) < 4.78 is 25.8. The smallest absolute Gasteiger partial charge is 0.259 e. The van der Waals surface area contributed by atoms with Gasteiger partial charge in [-0.25, -0.2) is 9.07 Å². The molecule has 9 heteroatoms. The zero-order valence-electron chi connectivity index (χ0n) is 17.9. The third-order valence-corrected chi connectivity index (χ3v) is 5.46. The molecule has 32 heavy (non-hydrogen) atoms. The fourth-order valence-corrected chi connectivity index (χ4v) is 3.89. The van der Waals surface area contributed by atoms with Crippen LogP contribution >= 0.6 is 12.4 Å². The van der Waals surface area contributed by atoms with E-state index in [2.05, 4.69) is 15.7 Å². The highest BCUT2D eigenvalue weighted by Crippen LogP contribution is 2.31. The van der Waals surface area contributed by atoms with Crippen LogP contribution in [0, 0.1) is 5.82 Å². The van der Waals surface area contributed by atoms with E-state index in [4.69, 9.17) is 9.47 Å². The second-order valence-electron chi connectivity index (χ2n) is 7.41. The average Bonchev–Trinajstić information content (AvgIpc) is 3.25. The number of hydrogen-bond donors (Lipinski definition) is 2. The Labute approximate surface area is 192 Å². The first-order valence-corrected chi connectivity index (χ1v) is 10.2. The van der Waals surface area contributed by atoms with Crippen molar-refractivity contribution in [2.75, 3.05) is 32.6 Å². The third-order valence-electron chi connectivity index (χ3n) is 5.46. The van der Waals surface area contributed by atoms with Crippen molar-refractivity contribution < 1.29 is 18.7 Å². The summed E-state index contributed by atoms with van der Waals surface area (Å²) in [5.74, 6) is 0.737. The minimum atomic E-state index is -0.315. The molecule has 1 aliphatic heterocycles. The lowest BCUT2D eigenvalue weighted by Gasteiger charge is -2.24. The number of ether oxygens (including phenoxy) is 2. The highest BCUT2D eigenvalue weighted by atomic mass is 35.5. The summed E-state index contributed by atoms with van der Waals surface area (Å²) in [5.41, 5.74) is 2.61. The fourth-order valence-electron chi connectivity index (χ4n) is 3.89. The topological polar surface area (TPSA) is 77.4 Å². The van der Waals surface area contributed by atoms with Gasteiger partial charge in [-0.05, 0) is 50.2 Å². The number of piperidine rings is 1. The number of carbonyl (C=O) groups is 1. The molecular formula is C23H26ClFN4O3. The van der Waals surface area contributed by atoms with Crippen LogP contribution in [0.3, 0.4) is 0 Å². The molecule has 0 radical (unpaired) electrons. The maximum Gasteiger partial charge on any atom is 0.259 e. The number of carbonyl (C=O) groups excluding carboxylic acids is 1. The summed E-state index contributed by atoms with van der Waals surface area (Å²) in [5, 5.41) is 10.8. The standard InChI is InChI=1S/C23H25FN4O3.ClH/c1-30-19-11-17(12-20(13-19)31-2)27-23(29)21-14-26-28(18-5-3-16(24)4-6-18)22(21)15-7-9-25-10-8-15;/h3-6,11-15,25H,7-10H2,1-2H3,(H,27,29);1H. The SMILES string of the molecule is COc1cc(NC(=O)c2cnn(-c3ccc(F)cc3)c2C2CCNCC2)cc(OC)c1.Cl. The van der Waals surface area contributed by atoms with Crippen LogP contribution in [-0.4, -0.2) is 43.0 Å². The van der Waals surface area contributed by atoms with Crippen molar-refractivity contribution in [2.24, 2.45) is 0 Å². The maximum atomic E-state index is 13.4. The first-order valence-electron chi connectivity index (χ1n) is 10.2. The molecular weight excluding hydrogens is 435 g/mol. The molecule has 0 spiro atoms. The van der Waals surface area contributed by atoms with Gasteiger partial charge in [-0.15, -0.1) is 12.4 Å². The normalized spacial score (nSPS) is 13.8. The number of anilines is 1. The predicted molar refractivity (Wildman–Crippen MR) is 123 cm³/mol. The van der Waals surface area contributed by atoms with Crippen molar-refractivity contribution in [2.45, 2.75) is 18.8 Å². The number of nitrogens with zero attached hydrogens (tertiary/aromatic N) is 2. The van der Waals surface area contributed by atoms with Crippen molar-refractivity contribution >= 4 is 24.0 Å². The average molecular weight is 461 g/mol. The van der Waals surface area contributed by atoms with E-state index < -0.39 is 0 Å². The first-order chi connectivity index (χ1) is 15.1. The van der Waals surface area contributed by atoms with Gasteiger partial charge in [0.15, 0.2) is 0 Å². The van der Waals surface area contributed by atoms with Crippen LogP contribution in [0.2, 0.25) is 0 Å². The van der Waals surface area contributed by atoms with Gasteiger partial charge >= 0.3 is 0 Å². The molecule has 2 N–H and O–H groups in total. The highest BCUT2D eigenvalue weighted by Gasteiger charge is 2.27. The predicted octanol–water partition coefficient (Wildman–Crippen LogP) is 4.17. The summed E-state index contributed by atoms with van der Waals surface area (Å²) in [6.07, 6.45) is 3.35. The van der Waals surface area contributed by atoms with Crippen molar-refractivity contribution in [1.82, 2.24) is 15.1 Å². The minimum Gasteiger partial charge on any atom is -0.497 e. The van der Waals surface area contributed by atoms with Crippen LogP contribution in [0.5, 0.6) is 11.5 Å². The molecule has 0 unspecified atom stereocenters. The van der Waals surface area contributed by atoms with E-state index in [-0.39, 0.29) is 30.0 Å². The van der Waals surface area contributed by atoms with Gasteiger partial charge in [-0.1, -0.05) is 0 Å². The molecule has 170 valence electrons. The lowest BCUT2D eigenvalue weighted by atomic mass is 9.91. The van der Waals surface area contributed by atoms with Gasteiger partial charge in [-0.2, -0.15) is 5.10 Å². The summed E-state index contributed by atoms with van der Waals surface area (Å²) >= 11 is 0. The molecule has 4 rings (SSSR count). The molecule has 1 saturated heterocycles. The number of benzene rings is 2. The number of halogens is 2. The van der Waals surface area contributed by atoms with E-state index in [0.29, 0.717) is 22.7 Å². The van der Waals surface area contributed by atoms with Gasteiger partial charge in [0, 0.05) is 29.8 Å². The van der Waals surface area contributed by atoms with E-state index in [1.807, 2.05) is 0 Å². The lowest BCUT2D eigenvalue weighted by molar-refractivity contribution is 0.102. The summed E-state index contributed by atoms with van der Waals surface area (Å²) in [7, 11) is 3.12. The van der Waals surface area contributed by atoms with Gasteiger partial charge in [0.25, 0.3) is 5.91 Å². The summed E-state index contributed by atoms with van der Waals surface area (Å²) in [6.45, 7) is 1.74. The molecule has 1 fully saturated rings. The Morgan fingerprint density at radius 1 is 1.09 bits per heavy atom. The number of hydrogen-bond acceptors (Lipinski definition) is 5. The molecule has 0 aliphatic carbocycles. The number of nitrogens with one attached hydrogen (secondary N) is 2. The van der Waals surface area contributed by atoms with E-state index in [1.165, 1.54) is 12.1 Å². The molecule has 2 aromatic carbocycles. The van der Waals surface area contributed by atoms with Crippen LogP contribution in [-0.2, 0) is 0 Å². The fraction of sp³-hybridized carbons (Fsp3) is 0.304. The monoisotopic (exact) mass is 460 g/mol. The van der Waals surface area contributed by atoms with Crippen molar-refractivity contribution in [3.05, 3.63) is 65.7 Å². The van der Waals surface area contributed by atoms with Gasteiger partial charge in [0.05, 0.1) is 37.4 Å². The molecule has 0 atom stereocenters. The van der Waals surface area contributed by atoms with Gasteiger partial charge < -0.3 is 20.1 Å². The molecule has 1 amide bonds. The molecule has 0 bridgehead atoms. The number of amides is 1. The van der Waals surface area contributed by atoms with Crippen LogP contribution in [0.25, 0.3) is 5.69 Å². The Bertz CT molecular complexity index is 1040. The highest BCUT2D eigenvalue weighted by molar-refractivity contribution is 6.05. The first kappa shape index (κ1) is 23.6. The summed E-state index contributed by atoms with van der Waals surface area (Å²) in [6, 6.07) is 11.3. The lowest BCUT2D eigenvalue weighted by Crippen LogP contribution is -2.29. The zero-order chi connectivity index (χ0) is 21.8. The second kappa shape index (κ2) is 10.5. The van der Waals surface area contributed by atoms with Crippen molar-refractivity contribution in [3.63, 3.8) is 0 Å². The maximum absolute atomic E-state index is 13.4.